The zero-order valence-electron chi connectivity index (χ0n) is 16.2. The molecule has 2 aromatic rings. The van der Waals surface area contributed by atoms with E-state index in [1.165, 1.54) is 11.1 Å². The summed E-state index contributed by atoms with van der Waals surface area (Å²) >= 11 is 5.91. The molecule has 1 heterocycles. The van der Waals surface area contributed by atoms with Gasteiger partial charge in [-0.1, -0.05) is 66.0 Å². The van der Waals surface area contributed by atoms with Crippen molar-refractivity contribution in [2.75, 3.05) is 0 Å². The molecule has 4 heteroatoms. The lowest BCUT2D eigenvalue weighted by atomic mass is 9.89. The molecular formula is C23H30ClNO2. The van der Waals surface area contributed by atoms with Gasteiger partial charge in [0.15, 0.2) is 0 Å². The Morgan fingerprint density at radius 3 is 2.33 bits per heavy atom. The molecule has 0 aromatic heterocycles. The zero-order valence-corrected chi connectivity index (χ0v) is 17.0. The van der Waals surface area contributed by atoms with Crippen LogP contribution in [0.3, 0.4) is 0 Å². The summed E-state index contributed by atoms with van der Waals surface area (Å²) in [6.45, 7) is 4.03. The SMILES string of the molecule is CC1CC(Cc2ccc(Cl)cc2)CCC[C@H](N)C(=O)O1.Cc1ccccc1. The van der Waals surface area contributed by atoms with Gasteiger partial charge in [-0.25, -0.2) is 0 Å². The molecule has 1 saturated heterocycles. The summed E-state index contributed by atoms with van der Waals surface area (Å²) in [7, 11) is 0. The van der Waals surface area contributed by atoms with Crippen molar-refractivity contribution in [3.05, 3.63) is 70.7 Å². The smallest absolute Gasteiger partial charge is 0.323 e. The fraction of sp³-hybridized carbons (Fsp3) is 0.435. The predicted molar refractivity (Wildman–Crippen MR) is 112 cm³/mol. The molecule has 0 spiro atoms. The standard InChI is InChI=1S/C16H22ClNO2.C7H8/c1-11-9-13(3-2-4-15(18)16(19)20-11)10-12-5-7-14(17)8-6-12;1-7-5-3-2-4-6-7/h5-8,11,13,15H,2-4,9-10,18H2,1H3;2-6H,1H3/t11?,13?,15-;/m0./s1. The number of aryl methyl sites for hydroxylation is 1. The highest BCUT2D eigenvalue weighted by atomic mass is 35.5. The summed E-state index contributed by atoms with van der Waals surface area (Å²) in [5.74, 6) is 0.258. The van der Waals surface area contributed by atoms with Gasteiger partial charge in [0.2, 0.25) is 0 Å². The van der Waals surface area contributed by atoms with Gasteiger partial charge < -0.3 is 10.5 Å². The van der Waals surface area contributed by atoms with E-state index in [1.807, 2.05) is 37.3 Å². The minimum atomic E-state index is -0.466. The molecule has 1 fully saturated rings. The number of carbonyl (C=O) groups excluding carboxylic acids is 1. The van der Waals surface area contributed by atoms with Gasteiger partial charge in [-0.2, -0.15) is 0 Å². The lowest BCUT2D eigenvalue weighted by Gasteiger charge is -2.20. The number of rotatable bonds is 2. The predicted octanol–water partition coefficient (Wildman–Crippen LogP) is 5.33. The van der Waals surface area contributed by atoms with Crippen LogP contribution >= 0.6 is 11.6 Å². The number of ether oxygens (including phenoxy) is 1. The Morgan fingerprint density at radius 1 is 1.07 bits per heavy atom. The van der Waals surface area contributed by atoms with Crippen LogP contribution in [0.5, 0.6) is 0 Å². The molecule has 27 heavy (non-hydrogen) atoms. The molecule has 3 atom stereocenters. The third kappa shape index (κ3) is 8.15. The average molecular weight is 388 g/mol. The van der Waals surface area contributed by atoms with Gasteiger partial charge in [0.05, 0.1) is 6.10 Å². The van der Waals surface area contributed by atoms with E-state index in [-0.39, 0.29) is 12.1 Å². The number of halogens is 1. The molecule has 0 amide bonds. The van der Waals surface area contributed by atoms with Crippen molar-refractivity contribution in [3.8, 4) is 0 Å². The fourth-order valence-electron chi connectivity index (χ4n) is 3.34. The number of benzene rings is 2. The summed E-state index contributed by atoms with van der Waals surface area (Å²) in [4.78, 5) is 11.7. The van der Waals surface area contributed by atoms with E-state index in [2.05, 4.69) is 31.2 Å². The van der Waals surface area contributed by atoms with Crippen molar-refractivity contribution in [2.24, 2.45) is 11.7 Å². The van der Waals surface area contributed by atoms with Crippen molar-refractivity contribution < 1.29 is 9.53 Å². The molecule has 3 rings (SSSR count). The van der Waals surface area contributed by atoms with E-state index in [4.69, 9.17) is 22.1 Å². The number of esters is 1. The van der Waals surface area contributed by atoms with E-state index in [9.17, 15) is 4.79 Å². The minimum absolute atomic E-state index is 0.0658. The maximum Gasteiger partial charge on any atom is 0.323 e. The van der Waals surface area contributed by atoms with Crippen LogP contribution in [0, 0.1) is 12.8 Å². The quantitative estimate of drug-likeness (QED) is 0.709. The molecule has 1 aliphatic rings. The Balaban J connectivity index is 0.000000313. The Morgan fingerprint density at radius 2 is 1.74 bits per heavy atom. The van der Waals surface area contributed by atoms with Crippen LogP contribution in [-0.4, -0.2) is 18.1 Å². The van der Waals surface area contributed by atoms with E-state index in [0.29, 0.717) is 12.3 Å². The third-order valence-corrected chi connectivity index (χ3v) is 5.04. The molecule has 1 aliphatic heterocycles. The maximum absolute atomic E-state index is 11.7. The highest BCUT2D eigenvalue weighted by Gasteiger charge is 2.23. The van der Waals surface area contributed by atoms with E-state index < -0.39 is 6.04 Å². The molecule has 2 aromatic carbocycles. The monoisotopic (exact) mass is 387 g/mol. The Hall–Kier alpha value is -1.84. The van der Waals surface area contributed by atoms with Crippen LogP contribution < -0.4 is 5.73 Å². The average Bonchev–Trinajstić information content (AvgIpc) is 2.69. The maximum atomic E-state index is 11.7. The molecule has 2 N–H and O–H groups in total. The van der Waals surface area contributed by atoms with Crippen molar-refractivity contribution in [1.82, 2.24) is 0 Å². The molecule has 0 radical (unpaired) electrons. The van der Waals surface area contributed by atoms with Gasteiger partial charge in [-0.15, -0.1) is 0 Å². The summed E-state index contributed by atoms with van der Waals surface area (Å²) in [6, 6.07) is 17.8. The van der Waals surface area contributed by atoms with E-state index in [0.717, 1.165) is 30.7 Å². The first-order chi connectivity index (χ1) is 12.9. The highest BCUT2D eigenvalue weighted by molar-refractivity contribution is 6.30. The van der Waals surface area contributed by atoms with Gasteiger partial charge >= 0.3 is 5.97 Å². The zero-order chi connectivity index (χ0) is 19.6. The number of carbonyl (C=O) groups is 1. The number of hydrogen-bond donors (Lipinski definition) is 1. The van der Waals surface area contributed by atoms with Crippen molar-refractivity contribution >= 4 is 17.6 Å². The second-order valence-corrected chi connectivity index (χ2v) is 7.81. The number of nitrogens with two attached hydrogens (primary N) is 1. The molecule has 0 saturated carbocycles. The van der Waals surface area contributed by atoms with Crippen LogP contribution in [0.25, 0.3) is 0 Å². The Kier molecular flexibility index (Phi) is 8.83. The first-order valence-corrected chi connectivity index (χ1v) is 10.0. The summed E-state index contributed by atoms with van der Waals surface area (Å²) in [5.41, 5.74) is 8.41. The molecule has 3 nitrogen and oxygen atoms in total. The Labute approximate surface area is 167 Å². The van der Waals surface area contributed by atoms with Crippen molar-refractivity contribution in [3.63, 3.8) is 0 Å². The topological polar surface area (TPSA) is 52.3 Å². The van der Waals surface area contributed by atoms with E-state index in [1.54, 1.807) is 0 Å². The summed E-state index contributed by atoms with van der Waals surface area (Å²) < 4.78 is 5.39. The van der Waals surface area contributed by atoms with Gasteiger partial charge in [-0.05, 0) is 63.1 Å². The van der Waals surface area contributed by atoms with Gasteiger partial charge in [0.25, 0.3) is 0 Å². The number of cyclic esters (lactones) is 1. The van der Waals surface area contributed by atoms with Gasteiger partial charge in [0.1, 0.15) is 6.04 Å². The third-order valence-electron chi connectivity index (χ3n) is 4.79. The minimum Gasteiger partial charge on any atom is -0.462 e. The molecule has 146 valence electrons. The van der Waals surface area contributed by atoms with Crippen LogP contribution in [0.4, 0.5) is 0 Å². The largest absolute Gasteiger partial charge is 0.462 e. The normalized spacial score (nSPS) is 23.1. The van der Waals surface area contributed by atoms with E-state index >= 15 is 0 Å². The number of hydrogen-bond acceptors (Lipinski definition) is 3. The highest BCUT2D eigenvalue weighted by Crippen LogP contribution is 2.24. The first-order valence-electron chi connectivity index (χ1n) is 9.66. The first kappa shape index (κ1) is 21.5. The molecule has 0 aliphatic carbocycles. The van der Waals surface area contributed by atoms with Crippen LogP contribution in [0.2, 0.25) is 5.02 Å². The van der Waals surface area contributed by atoms with Gasteiger partial charge in [-0.3, -0.25) is 4.79 Å². The van der Waals surface area contributed by atoms with Crippen molar-refractivity contribution in [1.29, 1.82) is 0 Å². The lowest BCUT2D eigenvalue weighted by Crippen LogP contribution is -2.33. The molecule has 2 unspecified atom stereocenters. The van der Waals surface area contributed by atoms with Crippen molar-refractivity contribution in [2.45, 2.75) is 58.1 Å². The second kappa shape index (κ2) is 11.1. The second-order valence-electron chi connectivity index (χ2n) is 7.37. The van der Waals surface area contributed by atoms with Gasteiger partial charge in [0, 0.05) is 5.02 Å². The van der Waals surface area contributed by atoms with Crippen LogP contribution in [0.1, 0.15) is 43.7 Å². The molecular weight excluding hydrogens is 358 g/mol. The van der Waals surface area contributed by atoms with Crippen LogP contribution in [0.15, 0.2) is 54.6 Å². The molecule has 0 bridgehead atoms. The lowest BCUT2D eigenvalue weighted by molar-refractivity contribution is -0.150. The summed E-state index contributed by atoms with van der Waals surface area (Å²) in [6.07, 6.45) is 4.58. The Bertz CT molecular complexity index is 687. The fourth-order valence-corrected chi connectivity index (χ4v) is 3.46. The summed E-state index contributed by atoms with van der Waals surface area (Å²) in [5, 5.41) is 0.761. The van der Waals surface area contributed by atoms with Crippen LogP contribution in [-0.2, 0) is 16.0 Å².